The van der Waals surface area contributed by atoms with E-state index >= 15 is 0 Å². The molecule has 2 rings (SSSR count). The number of carbonyl (C=O) groups is 1. The first-order valence-corrected chi connectivity index (χ1v) is 9.63. The van der Waals surface area contributed by atoms with E-state index < -0.39 is 0 Å². The van der Waals surface area contributed by atoms with Crippen LogP contribution in [0.2, 0.25) is 0 Å². The molecular formula is C22H30N4O2. The van der Waals surface area contributed by atoms with Crippen LogP contribution in [0.15, 0.2) is 59.6 Å². The van der Waals surface area contributed by atoms with Crippen LogP contribution in [-0.4, -0.2) is 43.5 Å². The van der Waals surface area contributed by atoms with E-state index in [-0.39, 0.29) is 12.5 Å². The van der Waals surface area contributed by atoms with Crippen LogP contribution in [-0.2, 0) is 17.9 Å². The van der Waals surface area contributed by atoms with E-state index in [1.54, 1.807) is 7.11 Å². The van der Waals surface area contributed by atoms with E-state index in [1.165, 1.54) is 0 Å². The lowest BCUT2D eigenvalue weighted by Gasteiger charge is -2.22. The van der Waals surface area contributed by atoms with Crippen LogP contribution in [0.4, 0.5) is 0 Å². The van der Waals surface area contributed by atoms with Gasteiger partial charge < -0.3 is 20.3 Å². The van der Waals surface area contributed by atoms with Crippen molar-refractivity contribution in [1.29, 1.82) is 0 Å². The molecule has 6 nitrogen and oxygen atoms in total. The fraction of sp³-hybridized carbons (Fsp3) is 0.364. The molecule has 0 aliphatic carbocycles. The minimum atomic E-state index is 0.0401. The maximum Gasteiger partial charge on any atom is 0.242 e. The first-order chi connectivity index (χ1) is 13.7. The van der Waals surface area contributed by atoms with Gasteiger partial charge in [0.2, 0.25) is 5.91 Å². The van der Waals surface area contributed by atoms with Crippen LogP contribution in [0, 0.1) is 0 Å². The highest BCUT2D eigenvalue weighted by molar-refractivity contribution is 5.86. The second-order valence-electron chi connectivity index (χ2n) is 6.29. The van der Waals surface area contributed by atoms with E-state index in [1.807, 2.05) is 73.3 Å². The Morgan fingerprint density at radius 3 is 2.46 bits per heavy atom. The molecule has 0 saturated carbocycles. The molecule has 1 amide bonds. The molecule has 0 aliphatic rings. The average molecular weight is 383 g/mol. The number of amides is 1. The van der Waals surface area contributed by atoms with E-state index in [4.69, 9.17) is 4.74 Å². The highest BCUT2D eigenvalue weighted by Gasteiger charge is 2.12. The van der Waals surface area contributed by atoms with Crippen molar-refractivity contribution in [3.63, 3.8) is 0 Å². The Hall–Kier alpha value is -3.02. The number of hydrogen-bond donors (Lipinski definition) is 2. The summed E-state index contributed by atoms with van der Waals surface area (Å²) >= 11 is 0. The van der Waals surface area contributed by atoms with Gasteiger partial charge in [-0.3, -0.25) is 4.79 Å². The maximum absolute atomic E-state index is 12.6. The number of aliphatic imine (C=N–C) groups is 1. The van der Waals surface area contributed by atoms with Crippen molar-refractivity contribution >= 4 is 11.9 Å². The quantitative estimate of drug-likeness (QED) is 0.517. The van der Waals surface area contributed by atoms with E-state index in [0.29, 0.717) is 25.6 Å². The largest absolute Gasteiger partial charge is 0.497 e. The lowest BCUT2D eigenvalue weighted by Crippen LogP contribution is -2.44. The SMILES string of the molecule is CCNC(=NCc1cccc(OC)c1)NCC(=O)N(CC)Cc1ccccc1. The van der Waals surface area contributed by atoms with Gasteiger partial charge in [0.05, 0.1) is 20.2 Å². The van der Waals surface area contributed by atoms with Gasteiger partial charge in [0.1, 0.15) is 5.75 Å². The summed E-state index contributed by atoms with van der Waals surface area (Å²) < 4.78 is 5.25. The molecule has 0 radical (unpaired) electrons. The van der Waals surface area contributed by atoms with Crippen molar-refractivity contribution in [2.45, 2.75) is 26.9 Å². The molecule has 0 heterocycles. The van der Waals surface area contributed by atoms with Crippen LogP contribution in [0.1, 0.15) is 25.0 Å². The molecule has 2 aromatic rings. The summed E-state index contributed by atoms with van der Waals surface area (Å²) in [5.74, 6) is 1.47. The van der Waals surface area contributed by atoms with Crippen LogP contribution in [0.3, 0.4) is 0 Å². The molecule has 0 fully saturated rings. The number of nitrogens with zero attached hydrogens (tertiary/aromatic N) is 2. The lowest BCUT2D eigenvalue weighted by molar-refractivity contribution is -0.130. The number of methoxy groups -OCH3 is 1. The molecule has 0 aromatic heterocycles. The van der Waals surface area contributed by atoms with Gasteiger partial charge in [-0.05, 0) is 37.1 Å². The molecule has 0 saturated heterocycles. The number of guanidine groups is 1. The van der Waals surface area contributed by atoms with Crippen molar-refractivity contribution in [3.8, 4) is 5.75 Å². The van der Waals surface area contributed by atoms with Crippen molar-refractivity contribution in [1.82, 2.24) is 15.5 Å². The number of benzene rings is 2. The highest BCUT2D eigenvalue weighted by atomic mass is 16.5. The summed E-state index contributed by atoms with van der Waals surface area (Å²) in [6, 6.07) is 17.8. The Morgan fingerprint density at radius 2 is 1.79 bits per heavy atom. The standard InChI is InChI=1S/C22H30N4O2/c1-4-23-22(24-15-19-12-9-13-20(14-19)28-3)25-16-21(27)26(5-2)17-18-10-7-6-8-11-18/h6-14H,4-5,15-17H2,1-3H3,(H2,23,24,25). The van der Waals surface area contributed by atoms with E-state index in [9.17, 15) is 4.79 Å². The number of carbonyl (C=O) groups excluding carboxylic acids is 1. The third kappa shape index (κ3) is 6.95. The lowest BCUT2D eigenvalue weighted by atomic mass is 10.2. The number of likely N-dealkylation sites (N-methyl/N-ethyl adjacent to an activating group) is 1. The Balaban J connectivity index is 1.93. The summed E-state index contributed by atoms with van der Waals surface area (Å²) in [4.78, 5) is 19.0. The van der Waals surface area contributed by atoms with Crippen LogP contribution in [0.25, 0.3) is 0 Å². The Morgan fingerprint density at radius 1 is 1.04 bits per heavy atom. The monoisotopic (exact) mass is 382 g/mol. The number of rotatable bonds is 9. The topological polar surface area (TPSA) is 66.0 Å². The fourth-order valence-electron chi connectivity index (χ4n) is 2.73. The van der Waals surface area contributed by atoms with Gasteiger partial charge in [-0.2, -0.15) is 0 Å². The van der Waals surface area contributed by atoms with Gasteiger partial charge in [0.25, 0.3) is 0 Å². The summed E-state index contributed by atoms with van der Waals surface area (Å²) in [7, 11) is 1.65. The molecule has 0 unspecified atom stereocenters. The van der Waals surface area contributed by atoms with Gasteiger partial charge in [-0.15, -0.1) is 0 Å². The summed E-state index contributed by atoms with van der Waals surface area (Å²) in [6.07, 6.45) is 0. The van der Waals surface area contributed by atoms with Gasteiger partial charge in [0, 0.05) is 19.6 Å². The molecule has 2 N–H and O–H groups in total. The summed E-state index contributed by atoms with van der Waals surface area (Å²) in [6.45, 7) is 6.68. The minimum absolute atomic E-state index is 0.0401. The molecule has 0 aliphatic heterocycles. The molecule has 2 aromatic carbocycles. The Labute approximate surface area is 167 Å². The minimum Gasteiger partial charge on any atom is -0.497 e. The predicted molar refractivity (Wildman–Crippen MR) is 113 cm³/mol. The van der Waals surface area contributed by atoms with Gasteiger partial charge in [-0.1, -0.05) is 42.5 Å². The first-order valence-electron chi connectivity index (χ1n) is 9.63. The summed E-state index contributed by atoms with van der Waals surface area (Å²) in [5.41, 5.74) is 2.17. The van der Waals surface area contributed by atoms with Gasteiger partial charge >= 0.3 is 0 Å². The van der Waals surface area contributed by atoms with Crippen molar-refractivity contribution in [2.75, 3.05) is 26.7 Å². The second-order valence-corrected chi connectivity index (χ2v) is 6.29. The van der Waals surface area contributed by atoms with Crippen LogP contribution < -0.4 is 15.4 Å². The molecule has 0 bridgehead atoms. The fourth-order valence-corrected chi connectivity index (χ4v) is 2.73. The molecule has 0 spiro atoms. The smallest absolute Gasteiger partial charge is 0.242 e. The van der Waals surface area contributed by atoms with Crippen molar-refractivity contribution < 1.29 is 9.53 Å². The van der Waals surface area contributed by atoms with E-state index in [0.717, 1.165) is 23.4 Å². The third-order valence-corrected chi connectivity index (χ3v) is 4.26. The van der Waals surface area contributed by atoms with E-state index in [2.05, 4.69) is 15.6 Å². The van der Waals surface area contributed by atoms with Crippen molar-refractivity contribution in [3.05, 3.63) is 65.7 Å². The van der Waals surface area contributed by atoms with Crippen molar-refractivity contribution in [2.24, 2.45) is 4.99 Å². The van der Waals surface area contributed by atoms with Crippen LogP contribution >= 0.6 is 0 Å². The van der Waals surface area contributed by atoms with Crippen LogP contribution in [0.5, 0.6) is 5.75 Å². The molecular weight excluding hydrogens is 352 g/mol. The highest BCUT2D eigenvalue weighted by Crippen LogP contribution is 2.13. The zero-order valence-corrected chi connectivity index (χ0v) is 16.9. The normalized spacial score (nSPS) is 11.0. The van der Waals surface area contributed by atoms with Gasteiger partial charge in [-0.25, -0.2) is 4.99 Å². The number of nitrogens with one attached hydrogen (secondary N) is 2. The third-order valence-electron chi connectivity index (χ3n) is 4.26. The summed E-state index contributed by atoms with van der Waals surface area (Å²) in [5, 5.41) is 6.32. The zero-order valence-electron chi connectivity index (χ0n) is 16.9. The Kier molecular flexibility index (Phi) is 8.85. The van der Waals surface area contributed by atoms with Gasteiger partial charge in [0.15, 0.2) is 5.96 Å². The average Bonchev–Trinajstić information content (AvgIpc) is 2.74. The zero-order chi connectivity index (χ0) is 20.2. The second kappa shape index (κ2) is 11.6. The molecule has 6 heteroatoms. The predicted octanol–water partition coefficient (Wildman–Crippen LogP) is 2.80. The maximum atomic E-state index is 12.6. The molecule has 150 valence electrons. The molecule has 28 heavy (non-hydrogen) atoms. The molecule has 0 atom stereocenters. The Bertz CT molecular complexity index is 762. The number of ether oxygens (including phenoxy) is 1. The number of hydrogen-bond acceptors (Lipinski definition) is 3. The first kappa shape index (κ1) is 21.3.